The molecule has 0 atom stereocenters. The highest BCUT2D eigenvalue weighted by atomic mass is 32.1. The third-order valence-electron chi connectivity index (χ3n) is 3.24. The SMILES string of the molecule is NC(=O)c1c(NC(=O)c2csnn2)sc2c1CCCC2. The number of amides is 2. The summed E-state index contributed by atoms with van der Waals surface area (Å²) in [6.07, 6.45) is 3.94. The number of aromatic nitrogens is 2. The number of hydrogen-bond donors (Lipinski definition) is 2. The van der Waals surface area contributed by atoms with Gasteiger partial charge in [-0.2, -0.15) is 0 Å². The lowest BCUT2D eigenvalue weighted by atomic mass is 9.95. The molecular weight excluding hydrogens is 296 g/mol. The molecule has 104 valence electrons. The molecule has 0 radical (unpaired) electrons. The lowest BCUT2D eigenvalue weighted by Crippen LogP contribution is -2.18. The first-order valence-electron chi connectivity index (χ1n) is 6.19. The zero-order valence-electron chi connectivity index (χ0n) is 10.5. The van der Waals surface area contributed by atoms with Crippen molar-refractivity contribution in [2.24, 2.45) is 5.73 Å². The Balaban J connectivity index is 1.95. The van der Waals surface area contributed by atoms with Gasteiger partial charge >= 0.3 is 0 Å². The van der Waals surface area contributed by atoms with Crippen LogP contribution in [0.5, 0.6) is 0 Å². The average Bonchev–Trinajstić information content (AvgIpc) is 3.05. The number of nitrogens with zero attached hydrogens (tertiary/aromatic N) is 2. The number of anilines is 1. The summed E-state index contributed by atoms with van der Waals surface area (Å²) >= 11 is 2.54. The van der Waals surface area contributed by atoms with Gasteiger partial charge in [0, 0.05) is 10.3 Å². The second-order valence-electron chi connectivity index (χ2n) is 4.52. The van der Waals surface area contributed by atoms with Gasteiger partial charge in [0.05, 0.1) is 5.56 Å². The van der Waals surface area contributed by atoms with Crippen molar-refractivity contribution in [1.29, 1.82) is 0 Å². The van der Waals surface area contributed by atoms with E-state index >= 15 is 0 Å². The van der Waals surface area contributed by atoms with E-state index in [2.05, 4.69) is 14.9 Å². The van der Waals surface area contributed by atoms with Crippen LogP contribution in [0.1, 0.15) is 44.1 Å². The molecule has 0 spiro atoms. The van der Waals surface area contributed by atoms with E-state index in [0.717, 1.165) is 47.7 Å². The van der Waals surface area contributed by atoms with Gasteiger partial charge in [0.15, 0.2) is 5.69 Å². The minimum Gasteiger partial charge on any atom is -0.365 e. The molecule has 0 fully saturated rings. The van der Waals surface area contributed by atoms with E-state index in [4.69, 9.17) is 5.73 Å². The standard InChI is InChI=1S/C12H12N4O2S2/c13-10(17)9-6-3-1-2-4-8(6)20-12(9)14-11(18)7-5-19-16-15-7/h5H,1-4H2,(H2,13,17)(H,14,18). The van der Waals surface area contributed by atoms with E-state index in [-0.39, 0.29) is 11.6 Å². The van der Waals surface area contributed by atoms with Crippen LogP contribution in [0.3, 0.4) is 0 Å². The molecule has 0 saturated heterocycles. The summed E-state index contributed by atoms with van der Waals surface area (Å²) in [6.45, 7) is 0. The smallest absolute Gasteiger partial charge is 0.277 e. The van der Waals surface area contributed by atoms with Crippen molar-refractivity contribution in [1.82, 2.24) is 9.59 Å². The second kappa shape index (κ2) is 5.29. The average molecular weight is 308 g/mol. The quantitative estimate of drug-likeness (QED) is 0.903. The molecular formula is C12H12N4O2S2. The first-order chi connectivity index (χ1) is 9.66. The molecule has 2 aromatic rings. The van der Waals surface area contributed by atoms with E-state index in [0.29, 0.717) is 10.6 Å². The van der Waals surface area contributed by atoms with Crippen molar-refractivity contribution in [2.45, 2.75) is 25.7 Å². The third kappa shape index (κ3) is 2.32. The fourth-order valence-corrected chi connectivity index (χ4v) is 4.07. The Morgan fingerprint density at radius 1 is 1.30 bits per heavy atom. The highest BCUT2D eigenvalue weighted by Crippen LogP contribution is 2.38. The number of nitrogens with one attached hydrogen (secondary N) is 1. The zero-order chi connectivity index (χ0) is 14.1. The van der Waals surface area contributed by atoms with Crippen LogP contribution in [0.15, 0.2) is 5.38 Å². The van der Waals surface area contributed by atoms with Crippen LogP contribution in [-0.4, -0.2) is 21.4 Å². The number of fused-ring (bicyclic) bond motifs is 1. The molecule has 0 unspecified atom stereocenters. The lowest BCUT2D eigenvalue weighted by molar-refractivity contribution is 0.100. The Hall–Kier alpha value is -1.80. The van der Waals surface area contributed by atoms with Crippen LogP contribution in [0, 0.1) is 0 Å². The van der Waals surface area contributed by atoms with Gasteiger partial charge in [0.1, 0.15) is 5.00 Å². The highest BCUT2D eigenvalue weighted by Gasteiger charge is 2.25. The Morgan fingerprint density at radius 3 is 2.80 bits per heavy atom. The van der Waals surface area contributed by atoms with Gasteiger partial charge in [-0.25, -0.2) is 0 Å². The van der Waals surface area contributed by atoms with E-state index in [1.165, 1.54) is 11.3 Å². The van der Waals surface area contributed by atoms with Crippen molar-refractivity contribution in [3.8, 4) is 0 Å². The summed E-state index contributed by atoms with van der Waals surface area (Å²) in [5, 5.41) is 8.54. The third-order valence-corrected chi connectivity index (χ3v) is 4.95. The van der Waals surface area contributed by atoms with Crippen LogP contribution in [0.25, 0.3) is 0 Å². The van der Waals surface area contributed by atoms with E-state index in [1.54, 1.807) is 5.38 Å². The molecule has 3 rings (SSSR count). The van der Waals surface area contributed by atoms with Crippen molar-refractivity contribution < 1.29 is 9.59 Å². The number of primary amides is 1. The zero-order valence-corrected chi connectivity index (χ0v) is 12.1. The maximum Gasteiger partial charge on any atom is 0.277 e. The van der Waals surface area contributed by atoms with Crippen LogP contribution < -0.4 is 11.1 Å². The second-order valence-corrected chi connectivity index (χ2v) is 6.24. The van der Waals surface area contributed by atoms with Gasteiger partial charge in [0.25, 0.3) is 11.8 Å². The Labute approximate surface area is 123 Å². The molecule has 2 heterocycles. The van der Waals surface area contributed by atoms with Crippen LogP contribution in [0.4, 0.5) is 5.00 Å². The number of nitrogens with two attached hydrogens (primary N) is 1. The summed E-state index contributed by atoms with van der Waals surface area (Å²) in [4.78, 5) is 24.8. The summed E-state index contributed by atoms with van der Waals surface area (Å²) in [5.74, 6) is -0.851. The highest BCUT2D eigenvalue weighted by molar-refractivity contribution is 7.17. The van der Waals surface area contributed by atoms with Crippen LogP contribution in [0.2, 0.25) is 0 Å². The molecule has 0 saturated carbocycles. The van der Waals surface area contributed by atoms with Crippen molar-refractivity contribution in [3.05, 3.63) is 27.1 Å². The maximum atomic E-state index is 12.0. The lowest BCUT2D eigenvalue weighted by Gasteiger charge is -2.11. The minimum atomic E-state index is -0.490. The molecule has 1 aliphatic carbocycles. The number of carbonyl (C=O) groups is 2. The van der Waals surface area contributed by atoms with E-state index in [1.807, 2.05) is 0 Å². The predicted molar refractivity (Wildman–Crippen MR) is 77.3 cm³/mol. The number of aryl methyl sites for hydroxylation is 1. The van der Waals surface area contributed by atoms with Gasteiger partial charge < -0.3 is 11.1 Å². The van der Waals surface area contributed by atoms with Crippen LogP contribution >= 0.6 is 22.9 Å². The molecule has 8 heteroatoms. The minimum absolute atomic E-state index is 0.247. The molecule has 1 aliphatic rings. The summed E-state index contributed by atoms with van der Waals surface area (Å²) in [5.41, 5.74) is 7.17. The number of rotatable bonds is 3. The monoisotopic (exact) mass is 308 g/mol. The first-order valence-corrected chi connectivity index (χ1v) is 7.85. The summed E-state index contributed by atoms with van der Waals surface area (Å²) in [6, 6.07) is 0. The summed E-state index contributed by atoms with van der Waals surface area (Å²) in [7, 11) is 0. The summed E-state index contributed by atoms with van der Waals surface area (Å²) < 4.78 is 3.65. The van der Waals surface area contributed by atoms with Crippen LogP contribution in [-0.2, 0) is 12.8 Å². The van der Waals surface area contributed by atoms with Gasteiger partial charge in [-0.1, -0.05) is 4.49 Å². The Kier molecular flexibility index (Phi) is 3.49. The first kappa shape index (κ1) is 13.2. The Morgan fingerprint density at radius 2 is 2.10 bits per heavy atom. The van der Waals surface area contributed by atoms with E-state index in [9.17, 15) is 9.59 Å². The molecule has 0 aromatic carbocycles. The van der Waals surface area contributed by atoms with E-state index < -0.39 is 5.91 Å². The molecule has 2 aromatic heterocycles. The molecule has 20 heavy (non-hydrogen) atoms. The van der Waals surface area contributed by atoms with Crippen molar-refractivity contribution >= 4 is 39.7 Å². The number of carbonyl (C=O) groups excluding carboxylic acids is 2. The van der Waals surface area contributed by atoms with Gasteiger partial charge in [-0.05, 0) is 42.8 Å². The molecule has 0 bridgehead atoms. The maximum absolute atomic E-state index is 12.0. The number of hydrogen-bond acceptors (Lipinski definition) is 6. The van der Waals surface area contributed by atoms with Gasteiger partial charge in [-0.15, -0.1) is 16.4 Å². The normalized spacial score (nSPS) is 13.8. The largest absolute Gasteiger partial charge is 0.365 e. The fourth-order valence-electron chi connectivity index (χ4n) is 2.35. The predicted octanol–water partition coefficient (Wildman–Crippen LogP) is 1.83. The van der Waals surface area contributed by atoms with Gasteiger partial charge in [0.2, 0.25) is 0 Å². The van der Waals surface area contributed by atoms with Gasteiger partial charge in [-0.3, -0.25) is 9.59 Å². The topological polar surface area (TPSA) is 98.0 Å². The fraction of sp³-hybridized carbons (Fsp3) is 0.333. The molecule has 3 N–H and O–H groups in total. The number of thiophene rings is 1. The molecule has 6 nitrogen and oxygen atoms in total. The molecule has 2 amide bonds. The van der Waals surface area contributed by atoms with Crippen molar-refractivity contribution in [3.63, 3.8) is 0 Å². The van der Waals surface area contributed by atoms with Crippen molar-refractivity contribution in [2.75, 3.05) is 5.32 Å². The Bertz CT molecular complexity index is 663. The molecule has 0 aliphatic heterocycles.